The van der Waals surface area contributed by atoms with Gasteiger partial charge in [-0.25, -0.2) is 4.98 Å². The van der Waals surface area contributed by atoms with Crippen molar-refractivity contribution in [3.63, 3.8) is 0 Å². The van der Waals surface area contributed by atoms with Gasteiger partial charge in [-0.1, -0.05) is 0 Å². The van der Waals surface area contributed by atoms with Gasteiger partial charge >= 0.3 is 0 Å². The van der Waals surface area contributed by atoms with E-state index in [4.69, 9.17) is 0 Å². The van der Waals surface area contributed by atoms with E-state index < -0.39 is 11.1 Å². The highest BCUT2D eigenvalue weighted by Crippen LogP contribution is 2.13. The minimum atomic E-state index is -2.27. The number of hydrogen-bond acceptors (Lipinski definition) is 4. The van der Waals surface area contributed by atoms with Crippen LogP contribution >= 0.6 is 0 Å². The Morgan fingerprint density at radius 3 is 2.92 bits per heavy atom. The molecule has 1 atom stereocenters. The summed E-state index contributed by atoms with van der Waals surface area (Å²) in [4.78, 5) is 7.65. The first-order chi connectivity index (χ1) is 6.27. The molecular formula is C8H5N2O2S-. The molecule has 0 saturated carbocycles. The second-order valence-electron chi connectivity index (χ2n) is 2.48. The molecule has 2 aromatic rings. The van der Waals surface area contributed by atoms with Gasteiger partial charge in [-0.15, -0.1) is 0 Å². The Bertz CT molecular complexity index is 472. The minimum absolute atomic E-state index is 0.0421. The summed E-state index contributed by atoms with van der Waals surface area (Å²) in [5.41, 5.74) is 0. The molecule has 66 valence electrons. The summed E-state index contributed by atoms with van der Waals surface area (Å²) in [5.74, 6) is 0. The van der Waals surface area contributed by atoms with Crippen LogP contribution in [0.25, 0.3) is 10.8 Å². The maximum absolute atomic E-state index is 10.6. The predicted octanol–water partition coefficient (Wildman–Crippen LogP) is 0.868. The van der Waals surface area contributed by atoms with Crippen molar-refractivity contribution in [1.29, 1.82) is 0 Å². The molecular weight excluding hydrogens is 188 g/mol. The zero-order chi connectivity index (χ0) is 9.26. The van der Waals surface area contributed by atoms with Gasteiger partial charge in [0.05, 0.1) is 0 Å². The van der Waals surface area contributed by atoms with Crippen molar-refractivity contribution >= 4 is 21.9 Å². The zero-order valence-corrected chi connectivity index (χ0v) is 7.32. The summed E-state index contributed by atoms with van der Waals surface area (Å²) < 4.78 is 21.1. The van der Waals surface area contributed by atoms with Crippen LogP contribution in [0.15, 0.2) is 35.7 Å². The fourth-order valence-electron chi connectivity index (χ4n) is 1.05. The lowest BCUT2D eigenvalue weighted by atomic mass is 10.2. The summed E-state index contributed by atoms with van der Waals surface area (Å²) in [7, 11) is 0. The van der Waals surface area contributed by atoms with E-state index >= 15 is 0 Å². The third kappa shape index (κ3) is 1.56. The third-order valence-corrected chi connectivity index (χ3v) is 2.23. The fourth-order valence-corrected chi connectivity index (χ4v) is 1.41. The van der Waals surface area contributed by atoms with E-state index in [0.29, 0.717) is 0 Å². The van der Waals surface area contributed by atoms with Gasteiger partial charge in [0.1, 0.15) is 5.03 Å². The van der Waals surface area contributed by atoms with Crippen molar-refractivity contribution in [2.75, 3.05) is 0 Å². The Labute approximate surface area is 76.9 Å². The van der Waals surface area contributed by atoms with Gasteiger partial charge in [0.2, 0.25) is 0 Å². The quantitative estimate of drug-likeness (QED) is 0.630. The predicted molar refractivity (Wildman–Crippen MR) is 46.7 cm³/mol. The topological polar surface area (TPSA) is 65.9 Å². The lowest BCUT2D eigenvalue weighted by Gasteiger charge is -2.04. The standard InChI is InChI=1S/C8H6N2O2S/c11-13(12)8-3-7-4-9-2-1-6(7)5-10-8/h1-5H,(H,11,12)/p-1. The molecule has 4 nitrogen and oxygen atoms in total. The van der Waals surface area contributed by atoms with E-state index in [9.17, 15) is 8.76 Å². The van der Waals surface area contributed by atoms with Gasteiger partial charge in [-0.3, -0.25) is 9.19 Å². The van der Waals surface area contributed by atoms with Crippen LogP contribution < -0.4 is 0 Å². The summed E-state index contributed by atoms with van der Waals surface area (Å²) in [6.45, 7) is 0. The molecule has 0 amide bonds. The van der Waals surface area contributed by atoms with Crippen molar-refractivity contribution < 1.29 is 8.76 Å². The molecule has 2 aromatic heterocycles. The molecule has 1 unspecified atom stereocenters. The largest absolute Gasteiger partial charge is 0.767 e. The second-order valence-corrected chi connectivity index (χ2v) is 3.37. The molecule has 0 N–H and O–H groups in total. The Hall–Kier alpha value is -1.33. The number of rotatable bonds is 1. The second kappa shape index (κ2) is 3.20. The maximum atomic E-state index is 10.6. The number of pyridine rings is 2. The fraction of sp³-hybridized carbons (Fsp3) is 0. The molecule has 0 saturated heterocycles. The monoisotopic (exact) mass is 193 g/mol. The van der Waals surface area contributed by atoms with Crippen molar-refractivity contribution in [3.05, 3.63) is 30.7 Å². The Kier molecular flexibility index (Phi) is 2.03. The molecule has 13 heavy (non-hydrogen) atoms. The van der Waals surface area contributed by atoms with E-state index in [1.54, 1.807) is 18.5 Å². The number of fused-ring (bicyclic) bond motifs is 1. The van der Waals surface area contributed by atoms with E-state index in [-0.39, 0.29) is 5.03 Å². The molecule has 0 bridgehead atoms. The third-order valence-electron chi connectivity index (χ3n) is 1.67. The van der Waals surface area contributed by atoms with Crippen LogP contribution in [0.2, 0.25) is 0 Å². The van der Waals surface area contributed by atoms with Gasteiger partial charge in [-0.05, 0) is 23.2 Å². The number of aromatic nitrogens is 2. The van der Waals surface area contributed by atoms with Crippen LogP contribution in [0.3, 0.4) is 0 Å². The minimum Gasteiger partial charge on any atom is -0.767 e. The van der Waals surface area contributed by atoms with E-state index in [2.05, 4.69) is 9.97 Å². The molecule has 0 aliphatic rings. The summed E-state index contributed by atoms with van der Waals surface area (Å²) in [6.07, 6.45) is 4.76. The lowest BCUT2D eigenvalue weighted by molar-refractivity contribution is 0.533. The zero-order valence-electron chi connectivity index (χ0n) is 6.51. The smallest absolute Gasteiger partial charge is 0.114 e. The van der Waals surface area contributed by atoms with Gasteiger partial charge < -0.3 is 4.55 Å². The van der Waals surface area contributed by atoms with Crippen molar-refractivity contribution in [1.82, 2.24) is 9.97 Å². The molecule has 0 aromatic carbocycles. The first kappa shape index (κ1) is 8.28. The van der Waals surface area contributed by atoms with Crippen molar-refractivity contribution in [3.8, 4) is 0 Å². The highest BCUT2D eigenvalue weighted by atomic mass is 32.2. The van der Waals surface area contributed by atoms with E-state index in [0.717, 1.165) is 10.8 Å². The van der Waals surface area contributed by atoms with Crippen LogP contribution in [-0.2, 0) is 11.1 Å². The number of nitrogens with zero attached hydrogens (tertiary/aromatic N) is 2. The molecule has 0 aliphatic carbocycles. The van der Waals surface area contributed by atoms with E-state index in [1.807, 2.05) is 0 Å². The lowest BCUT2D eigenvalue weighted by Crippen LogP contribution is -1.92. The van der Waals surface area contributed by atoms with Gasteiger partial charge in [0.15, 0.2) is 0 Å². The van der Waals surface area contributed by atoms with Crippen LogP contribution in [0.5, 0.6) is 0 Å². The molecule has 2 rings (SSSR count). The molecule has 0 spiro atoms. The maximum Gasteiger partial charge on any atom is 0.114 e. The van der Waals surface area contributed by atoms with Gasteiger partial charge in [0, 0.05) is 29.4 Å². The molecule has 0 radical (unpaired) electrons. The average molecular weight is 193 g/mol. The van der Waals surface area contributed by atoms with Crippen molar-refractivity contribution in [2.45, 2.75) is 5.03 Å². The highest BCUT2D eigenvalue weighted by Gasteiger charge is 1.96. The summed E-state index contributed by atoms with van der Waals surface area (Å²) in [5, 5.41) is 1.70. The van der Waals surface area contributed by atoms with Crippen LogP contribution in [-0.4, -0.2) is 18.7 Å². The summed E-state index contributed by atoms with van der Waals surface area (Å²) in [6, 6.07) is 3.27. The van der Waals surface area contributed by atoms with Crippen molar-refractivity contribution in [2.24, 2.45) is 0 Å². The van der Waals surface area contributed by atoms with E-state index in [1.165, 1.54) is 12.3 Å². The molecule has 2 heterocycles. The first-order valence-corrected chi connectivity index (χ1v) is 4.64. The molecule has 0 fully saturated rings. The average Bonchev–Trinajstić information content (AvgIpc) is 2.17. The molecule has 0 aliphatic heterocycles. The van der Waals surface area contributed by atoms with Gasteiger partial charge in [0.25, 0.3) is 0 Å². The SMILES string of the molecule is O=S([O-])c1cc2cnccc2cn1. The van der Waals surface area contributed by atoms with Gasteiger partial charge in [-0.2, -0.15) is 0 Å². The Morgan fingerprint density at radius 1 is 1.31 bits per heavy atom. The molecule has 5 heteroatoms. The summed E-state index contributed by atoms with van der Waals surface area (Å²) >= 11 is -2.27. The Balaban J connectivity index is 2.69. The highest BCUT2D eigenvalue weighted by molar-refractivity contribution is 7.79. The number of hydrogen-bond donors (Lipinski definition) is 0. The van der Waals surface area contributed by atoms with Crippen LogP contribution in [0, 0.1) is 0 Å². The normalized spacial score (nSPS) is 13.0. The van der Waals surface area contributed by atoms with Crippen LogP contribution in [0.4, 0.5) is 0 Å². The Morgan fingerprint density at radius 2 is 2.15 bits per heavy atom. The first-order valence-electron chi connectivity index (χ1n) is 3.56. The van der Waals surface area contributed by atoms with Crippen LogP contribution in [0.1, 0.15) is 0 Å².